The summed E-state index contributed by atoms with van der Waals surface area (Å²) in [5.74, 6) is 0. The quantitative estimate of drug-likeness (QED) is 0.792. The van der Waals surface area contributed by atoms with Crippen molar-refractivity contribution in [3.05, 3.63) is 34.9 Å². The zero-order valence-corrected chi connectivity index (χ0v) is 16.1. The SMILES string of the molecule is Cn1cnc2cc(N3CCN(CCN4CCCOCC4)CC3)ccc2c1=O. The molecular weight excluding hydrogens is 342 g/mol. The van der Waals surface area contributed by atoms with E-state index in [1.165, 1.54) is 4.57 Å². The first-order valence-electron chi connectivity index (χ1n) is 9.93. The number of aromatic nitrogens is 2. The summed E-state index contributed by atoms with van der Waals surface area (Å²) in [7, 11) is 1.74. The molecule has 0 unspecified atom stereocenters. The molecule has 7 heteroatoms. The van der Waals surface area contributed by atoms with Gasteiger partial charge >= 0.3 is 0 Å². The van der Waals surface area contributed by atoms with Crippen LogP contribution >= 0.6 is 0 Å². The van der Waals surface area contributed by atoms with Gasteiger partial charge in [-0.25, -0.2) is 4.98 Å². The van der Waals surface area contributed by atoms with E-state index in [0.717, 1.165) is 83.2 Å². The third-order valence-corrected chi connectivity index (χ3v) is 5.69. The molecule has 3 heterocycles. The van der Waals surface area contributed by atoms with E-state index in [2.05, 4.69) is 25.8 Å². The smallest absolute Gasteiger partial charge is 0.260 e. The van der Waals surface area contributed by atoms with E-state index < -0.39 is 0 Å². The average Bonchev–Trinajstić information content (AvgIpc) is 2.98. The van der Waals surface area contributed by atoms with Crippen molar-refractivity contribution in [3.8, 4) is 0 Å². The van der Waals surface area contributed by atoms with Crippen molar-refractivity contribution < 1.29 is 4.74 Å². The second-order valence-electron chi connectivity index (χ2n) is 7.50. The number of anilines is 1. The molecule has 2 aliphatic rings. The molecule has 1 aromatic carbocycles. The number of hydrogen-bond acceptors (Lipinski definition) is 6. The molecule has 2 fully saturated rings. The van der Waals surface area contributed by atoms with Crippen LogP contribution in [0.3, 0.4) is 0 Å². The van der Waals surface area contributed by atoms with Gasteiger partial charge in [0.05, 0.1) is 23.8 Å². The molecule has 27 heavy (non-hydrogen) atoms. The first-order valence-corrected chi connectivity index (χ1v) is 9.93. The normalized spacial score (nSPS) is 20.1. The van der Waals surface area contributed by atoms with E-state index in [1.807, 2.05) is 12.1 Å². The highest BCUT2D eigenvalue weighted by Gasteiger charge is 2.19. The lowest BCUT2D eigenvalue weighted by Gasteiger charge is -2.37. The van der Waals surface area contributed by atoms with E-state index in [-0.39, 0.29) is 5.56 Å². The Labute approximate surface area is 160 Å². The molecule has 0 aliphatic carbocycles. The van der Waals surface area contributed by atoms with Crippen LogP contribution in [0.1, 0.15) is 6.42 Å². The van der Waals surface area contributed by atoms with Crippen molar-refractivity contribution in [1.82, 2.24) is 19.4 Å². The third-order valence-electron chi connectivity index (χ3n) is 5.69. The predicted octanol–water partition coefficient (Wildman–Crippen LogP) is 0.778. The van der Waals surface area contributed by atoms with Gasteiger partial charge in [0, 0.05) is 71.7 Å². The number of nitrogens with zero attached hydrogens (tertiary/aromatic N) is 5. The molecule has 0 atom stereocenters. The number of fused-ring (bicyclic) bond motifs is 1. The number of ether oxygens (including phenoxy) is 1. The van der Waals surface area contributed by atoms with Crippen molar-refractivity contribution in [2.45, 2.75) is 6.42 Å². The van der Waals surface area contributed by atoms with Crippen LogP contribution in [0.15, 0.2) is 29.3 Å². The van der Waals surface area contributed by atoms with Gasteiger partial charge in [-0.05, 0) is 24.6 Å². The van der Waals surface area contributed by atoms with Gasteiger partial charge in [-0.3, -0.25) is 14.6 Å². The third kappa shape index (κ3) is 4.31. The molecule has 0 saturated carbocycles. The first kappa shape index (κ1) is 18.4. The Morgan fingerprint density at radius 3 is 2.59 bits per heavy atom. The molecule has 0 spiro atoms. The van der Waals surface area contributed by atoms with Crippen molar-refractivity contribution in [2.24, 2.45) is 7.05 Å². The van der Waals surface area contributed by atoms with Gasteiger partial charge < -0.3 is 14.2 Å². The lowest BCUT2D eigenvalue weighted by molar-refractivity contribution is 0.137. The number of hydrogen-bond donors (Lipinski definition) is 0. The second kappa shape index (κ2) is 8.37. The van der Waals surface area contributed by atoms with Gasteiger partial charge in [0.25, 0.3) is 5.56 Å². The lowest BCUT2D eigenvalue weighted by atomic mass is 10.2. The molecule has 0 N–H and O–H groups in total. The topological polar surface area (TPSA) is 53.8 Å². The van der Waals surface area contributed by atoms with Crippen LogP contribution in [0.2, 0.25) is 0 Å². The Morgan fingerprint density at radius 1 is 1.00 bits per heavy atom. The Bertz CT molecular complexity index is 821. The maximum atomic E-state index is 12.2. The van der Waals surface area contributed by atoms with Gasteiger partial charge in [-0.15, -0.1) is 0 Å². The van der Waals surface area contributed by atoms with Gasteiger partial charge in [0.15, 0.2) is 0 Å². The minimum atomic E-state index is 0.00952. The Morgan fingerprint density at radius 2 is 1.78 bits per heavy atom. The minimum absolute atomic E-state index is 0.00952. The van der Waals surface area contributed by atoms with Crippen LogP contribution in [0.4, 0.5) is 5.69 Å². The van der Waals surface area contributed by atoms with Gasteiger partial charge in [0.1, 0.15) is 0 Å². The summed E-state index contributed by atoms with van der Waals surface area (Å²) in [6.45, 7) is 10.4. The Kier molecular flexibility index (Phi) is 5.71. The molecule has 2 aliphatic heterocycles. The molecule has 0 amide bonds. The van der Waals surface area contributed by atoms with E-state index in [1.54, 1.807) is 13.4 Å². The van der Waals surface area contributed by atoms with E-state index in [9.17, 15) is 4.79 Å². The molecule has 146 valence electrons. The first-order chi connectivity index (χ1) is 13.2. The lowest BCUT2D eigenvalue weighted by Crippen LogP contribution is -2.48. The summed E-state index contributed by atoms with van der Waals surface area (Å²) in [6.07, 6.45) is 2.74. The van der Waals surface area contributed by atoms with Gasteiger partial charge in [0.2, 0.25) is 0 Å². The highest BCUT2D eigenvalue weighted by atomic mass is 16.5. The number of piperazine rings is 1. The van der Waals surface area contributed by atoms with E-state index >= 15 is 0 Å². The van der Waals surface area contributed by atoms with E-state index in [0.29, 0.717) is 5.39 Å². The fourth-order valence-electron chi connectivity index (χ4n) is 3.93. The predicted molar refractivity (Wildman–Crippen MR) is 108 cm³/mol. The van der Waals surface area contributed by atoms with Crippen molar-refractivity contribution in [2.75, 3.05) is 70.5 Å². The standard InChI is InChI=1S/C20H29N5O2/c1-22-16-21-19-15-17(3-4-18(19)20(22)26)25-10-8-24(9-11-25)7-6-23-5-2-13-27-14-12-23/h3-4,15-16H,2,5-14H2,1H3. The summed E-state index contributed by atoms with van der Waals surface area (Å²) < 4.78 is 7.06. The Balaban J connectivity index is 1.33. The fraction of sp³-hybridized carbons (Fsp3) is 0.600. The van der Waals surface area contributed by atoms with Gasteiger partial charge in [-0.1, -0.05) is 0 Å². The molecule has 4 rings (SSSR count). The molecule has 7 nitrogen and oxygen atoms in total. The molecular formula is C20H29N5O2. The van der Waals surface area contributed by atoms with Crippen molar-refractivity contribution >= 4 is 16.6 Å². The van der Waals surface area contributed by atoms with Crippen LogP contribution < -0.4 is 10.5 Å². The summed E-state index contributed by atoms with van der Waals surface area (Å²) >= 11 is 0. The van der Waals surface area contributed by atoms with Crippen LogP contribution in [-0.2, 0) is 11.8 Å². The van der Waals surface area contributed by atoms with Crippen LogP contribution in [0, 0.1) is 0 Å². The summed E-state index contributed by atoms with van der Waals surface area (Å²) in [6, 6.07) is 6.01. The summed E-state index contributed by atoms with van der Waals surface area (Å²) in [5.41, 5.74) is 1.95. The van der Waals surface area contributed by atoms with Crippen LogP contribution in [-0.4, -0.2) is 84.9 Å². The zero-order chi connectivity index (χ0) is 18.6. The number of rotatable bonds is 4. The maximum absolute atomic E-state index is 12.2. The van der Waals surface area contributed by atoms with Crippen molar-refractivity contribution in [3.63, 3.8) is 0 Å². The molecule has 2 aromatic rings. The van der Waals surface area contributed by atoms with Crippen LogP contribution in [0.25, 0.3) is 10.9 Å². The average molecular weight is 371 g/mol. The fourth-order valence-corrected chi connectivity index (χ4v) is 3.93. The molecule has 0 radical (unpaired) electrons. The highest BCUT2D eigenvalue weighted by molar-refractivity contribution is 5.81. The van der Waals surface area contributed by atoms with Gasteiger partial charge in [-0.2, -0.15) is 0 Å². The zero-order valence-electron chi connectivity index (χ0n) is 16.1. The summed E-state index contributed by atoms with van der Waals surface area (Å²) in [4.78, 5) is 24.1. The van der Waals surface area contributed by atoms with E-state index in [4.69, 9.17) is 4.74 Å². The molecule has 0 bridgehead atoms. The number of aryl methyl sites for hydroxylation is 1. The Hall–Kier alpha value is -1.96. The number of benzene rings is 1. The molecule has 2 saturated heterocycles. The van der Waals surface area contributed by atoms with Crippen molar-refractivity contribution in [1.29, 1.82) is 0 Å². The molecule has 1 aromatic heterocycles. The minimum Gasteiger partial charge on any atom is -0.380 e. The maximum Gasteiger partial charge on any atom is 0.260 e. The largest absolute Gasteiger partial charge is 0.380 e. The second-order valence-corrected chi connectivity index (χ2v) is 7.50. The van der Waals surface area contributed by atoms with Crippen LogP contribution in [0.5, 0.6) is 0 Å². The monoisotopic (exact) mass is 371 g/mol. The summed E-state index contributed by atoms with van der Waals surface area (Å²) in [5, 5.41) is 0.684. The highest BCUT2D eigenvalue weighted by Crippen LogP contribution is 2.20.